The highest BCUT2D eigenvalue weighted by Crippen LogP contribution is 2.22. The average molecular weight is 256 g/mol. The Labute approximate surface area is 114 Å². The Bertz CT molecular complexity index is 524. The van der Waals surface area contributed by atoms with Crippen LogP contribution in [0.4, 0.5) is 0 Å². The molecule has 2 rings (SSSR count). The van der Waals surface area contributed by atoms with Gasteiger partial charge in [-0.15, -0.1) is 0 Å². The molecule has 19 heavy (non-hydrogen) atoms. The van der Waals surface area contributed by atoms with E-state index in [1.165, 1.54) is 5.56 Å². The zero-order valence-electron chi connectivity index (χ0n) is 11.5. The molecule has 0 aliphatic rings. The van der Waals surface area contributed by atoms with Gasteiger partial charge < -0.3 is 10.5 Å². The number of aryl methyl sites for hydroxylation is 1. The van der Waals surface area contributed by atoms with Crippen molar-refractivity contribution in [3.8, 4) is 5.75 Å². The van der Waals surface area contributed by atoms with Crippen LogP contribution in [0.3, 0.4) is 0 Å². The molecule has 3 heteroatoms. The van der Waals surface area contributed by atoms with Gasteiger partial charge in [0.2, 0.25) is 0 Å². The minimum Gasteiger partial charge on any atom is -0.493 e. The molecule has 0 aliphatic carbocycles. The topological polar surface area (TPSA) is 48.1 Å². The number of rotatable bonds is 5. The van der Waals surface area contributed by atoms with E-state index >= 15 is 0 Å². The van der Waals surface area contributed by atoms with Gasteiger partial charge in [-0.3, -0.25) is 4.98 Å². The first-order chi connectivity index (χ1) is 9.16. The van der Waals surface area contributed by atoms with Gasteiger partial charge in [-0.25, -0.2) is 0 Å². The quantitative estimate of drug-likeness (QED) is 0.894. The summed E-state index contributed by atoms with van der Waals surface area (Å²) in [5.41, 5.74) is 9.37. The molecule has 0 aliphatic heterocycles. The summed E-state index contributed by atoms with van der Waals surface area (Å²) in [6.07, 6.45) is 4.49. The fourth-order valence-electron chi connectivity index (χ4n) is 1.95. The summed E-state index contributed by atoms with van der Waals surface area (Å²) in [6.45, 7) is 4.70. The number of nitrogens with zero attached hydrogens (tertiary/aromatic N) is 1. The van der Waals surface area contributed by atoms with Crippen molar-refractivity contribution in [3.63, 3.8) is 0 Å². The number of benzene rings is 1. The Kier molecular flexibility index (Phi) is 4.53. The van der Waals surface area contributed by atoms with Crippen LogP contribution in [-0.4, -0.2) is 11.6 Å². The Hall–Kier alpha value is -1.87. The summed E-state index contributed by atoms with van der Waals surface area (Å²) in [4.78, 5) is 4.00. The molecular formula is C16H20N2O. The second kappa shape index (κ2) is 6.34. The zero-order chi connectivity index (χ0) is 13.7. The molecule has 0 spiro atoms. The van der Waals surface area contributed by atoms with Crippen LogP contribution in [0.15, 0.2) is 42.7 Å². The highest BCUT2D eigenvalue weighted by Gasteiger charge is 2.04. The van der Waals surface area contributed by atoms with Crippen LogP contribution in [0.25, 0.3) is 0 Å². The van der Waals surface area contributed by atoms with Gasteiger partial charge >= 0.3 is 0 Å². The van der Waals surface area contributed by atoms with Gasteiger partial charge in [-0.2, -0.15) is 0 Å². The van der Waals surface area contributed by atoms with E-state index in [9.17, 15) is 0 Å². The van der Waals surface area contributed by atoms with Gasteiger partial charge in [-0.05, 0) is 48.7 Å². The highest BCUT2D eigenvalue weighted by molar-refractivity contribution is 5.37. The molecule has 0 fully saturated rings. The number of aromatic nitrogens is 1. The van der Waals surface area contributed by atoms with E-state index in [-0.39, 0.29) is 6.04 Å². The van der Waals surface area contributed by atoms with Gasteiger partial charge in [0.25, 0.3) is 0 Å². The number of hydrogen-bond acceptors (Lipinski definition) is 3. The monoisotopic (exact) mass is 256 g/mol. The van der Waals surface area contributed by atoms with Crippen LogP contribution >= 0.6 is 0 Å². The third-order valence-electron chi connectivity index (χ3n) is 3.12. The summed E-state index contributed by atoms with van der Waals surface area (Å²) in [5.74, 6) is 0.929. The molecule has 1 aromatic carbocycles. The third-order valence-corrected chi connectivity index (χ3v) is 3.12. The van der Waals surface area contributed by atoms with Crippen molar-refractivity contribution in [2.45, 2.75) is 26.3 Å². The maximum Gasteiger partial charge on any atom is 0.122 e. The first kappa shape index (κ1) is 13.6. The molecule has 2 aromatic rings. The molecule has 0 saturated carbocycles. The second-order valence-electron chi connectivity index (χ2n) is 4.77. The van der Waals surface area contributed by atoms with Crippen molar-refractivity contribution in [3.05, 3.63) is 59.4 Å². The molecule has 3 nitrogen and oxygen atoms in total. The Morgan fingerprint density at radius 3 is 2.58 bits per heavy atom. The van der Waals surface area contributed by atoms with Crippen LogP contribution in [-0.2, 0) is 6.42 Å². The fraction of sp³-hybridized carbons (Fsp3) is 0.312. The maximum atomic E-state index is 5.86. The summed E-state index contributed by atoms with van der Waals surface area (Å²) in [6, 6.07) is 10.2. The SMILES string of the molecule is Cc1cc(C(C)N)ccc1OCCc1ccncc1. The van der Waals surface area contributed by atoms with E-state index in [2.05, 4.69) is 11.1 Å². The number of pyridine rings is 1. The van der Waals surface area contributed by atoms with E-state index in [1.807, 2.05) is 38.1 Å². The number of nitrogens with two attached hydrogens (primary N) is 1. The first-order valence-corrected chi connectivity index (χ1v) is 6.54. The maximum absolute atomic E-state index is 5.86. The molecule has 0 radical (unpaired) electrons. The lowest BCUT2D eigenvalue weighted by molar-refractivity contribution is 0.319. The molecule has 0 bridgehead atoms. The van der Waals surface area contributed by atoms with Crippen LogP contribution < -0.4 is 10.5 Å². The van der Waals surface area contributed by atoms with Crippen LogP contribution in [0.2, 0.25) is 0 Å². The summed E-state index contributed by atoms with van der Waals surface area (Å²) >= 11 is 0. The van der Waals surface area contributed by atoms with Crippen molar-refractivity contribution in [1.82, 2.24) is 4.98 Å². The molecule has 1 heterocycles. The average Bonchev–Trinajstić information content (AvgIpc) is 2.41. The van der Waals surface area contributed by atoms with Crippen molar-refractivity contribution in [1.29, 1.82) is 0 Å². The predicted octanol–water partition coefficient (Wildman–Crippen LogP) is 3.03. The van der Waals surface area contributed by atoms with E-state index in [0.29, 0.717) is 6.61 Å². The van der Waals surface area contributed by atoms with E-state index in [1.54, 1.807) is 12.4 Å². The largest absolute Gasteiger partial charge is 0.493 e. The first-order valence-electron chi connectivity index (χ1n) is 6.54. The molecule has 0 amide bonds. The number of hydrogen-bond donors (Lipinski definition) is 1. The summed E-state index contributed by atoms with van der Waals surface area (Å²) in [7, 11) is 0. The molecule has 1 aromatic heterocycles. The molecule has 2 N–H and O–H groups in total. The van der Waals surface area contributed by atoms with E-state index in [0.717, 1.165) is 23.3 Å². The van der Waals surface area contributed by atoms with Crippen LogP contribution in [0.1, 0.15) is 29.7 Å². The van der Waals surface area contributed by atoms with Gasteiger partial charge in [-0.1, -0.05) is 12.1 Å². The third kappa shape index (κ3) is 3.80. The molecular weight excluding hydrogens is 236 g/mol. The molecule has 1 atom stereocenters. The zero-order valence-corrected chi connectivity index (χ0v) is 11.5. The minimum absolute atomic E-state index is 0.0598. The van der Waals surface area contributed by atoms with Gasteiger partial charge in [0.15, 0.2) is 0 Å². The fourth-order valence-corrected chi connectivity index (χ4v) is 1.95. The highest BCUT2D eigenvalue weighted by atomic mass is 16.5. The number of ether oxygens (including phenoxy) is 1. The van der Waals surface area contributed by atoms with E-state index in [4.69, 9.17) is 10.5 Å². The lowest BCUT2D eigenvalue weighted by atomic mass is 10.1. The smallest absolute Gasteiger partial charge is 0.122 e. The molecule has 1 unspecified atom stereocenters. The Balaban J connectivity index is 1.93. The second-order valence-corrected chi connectivity index (χ2v) is 4.77. The molecule has 100 valence electrons. The van der Waals surface area contributed by atoms with Gasteiger partial charge in [0.1, 0.15) is 5.75 Å². The lowest BCUT2D eigenvalue weighted by Gasteiger charge is -2.12. The van der Waals surface area contributed by atoms with Crippen molar-refractivity contribution < 1.29 is 4.74 Å². The Morgan fingerprint density at radius 1 is 1.21 bits per heavy atom. The van der Waals surface area contributed by atoms with Crippen LogP contribution in [0.5, 0.6) is 5.75 Å². The molecule has 0 saturated heterocycles. The van der Waals surface area contributed by atoms with Gasteiger partial charge in [0, 0.05) is 24.9 Å². The van der Waals surface area contributed by atoms with Crippen molar-refractivity contribution >= 4 is 0 Å². The summed E-state index contributed by atoms with van der Waals surface area (Å²) in [5, 5.41) is 0. The van der Waals surface area contributed by atoms with Crippen molar-refractivity contribution in [2.24, 2.45) is 5.73 Å². The standard InChI is InChI=1S/C16H20N2O/c1-12-11-15(13(2)17)3-4-16(12)19-10-7-14-5-8-18-9-6-14/h3-6,8-9,11,13H,7,10,17H2,1-2H3. The Morgan fingerprint density at radius 2 is 1.95 bits per heavy atom. The minimum atomic E-state index is 0.0598. The predicted molar refractivity (Wildman–Crippen MR) is 77.2 cm³/mol. The normalized spacial score (nSPS) is 12.2. The van der Waals surface area contributed by atoms with Crippen LogP contribution in [0, 0.1) is 6.92 Å². The van der Waals surface area contributed by atoms with Gasteiger partial charge in [0.05, 0.1) is 6.61 Å². The summed E-state index contributed by atoms with van der Waals surface area (Å²) < 4.78 is 5.81. The van der Waals surface area contributed by atoms with E-state index < -0.39 is 0 Å². The van der Waals surface area contributed by atoms with Crippen molar-refractivity contribution in [2.75, 3.05) is 6.61 Å². The lowest BCUT2D eigenvalue weighted by Crippen LogP contribution is -2.06.